The number of nitrogens with one attached hydrogen (secondary N) is 1. The molecule has 0 spiro atoms. The van der Waals surface area contributed by atoms with E-state index < -0.39 is 17.7 Å². The van der Waals surface area contributed by atoms with Crippen molar-refractivity contribution in [1.82, 2.24) is 10.3 Å². The monoisotopic (exact) mass is 342 g/mol. The Labute approximate surface area is 127 Å². The summed E-state index contributed by atoms with van der Waals surface area (Å²) in [5, 5.41) is 2.68. The molecule has 1 amide bonds. The van der Waals surface area contributed by atoms with Gasteiger partial charge in [0.1, 0.15) is 16.0 Å². The molecule has 5 nitrogen and oxygen atoms in total. The normalized spacial score (nSPS) is 12.7. The number of carbonyl (C=O) groups excluding carboxylic acids is 2. The van der Waals surface area contributed by atoms with Gasteiger partial charge in [-0.25, -0.2) is 9.78 Å². The number of ketones is 1. The Balaban J connectivity index is 2.85. The highest BCUT2D eigenvalue weighted by Crippen LogP contribution is 2.18. The molecule has 0 saturated heterocycles. The lowest BCUT2D eigenvalue weighted by Gasteiger charge is -2.23. The fraction of sp³-hybridized carbons (Fsp3) is 0.500. The van der Waals surface area contributed by atoms with Gasteiger partial charge in [-0.05, 0) is 55.8 Å². The lowest BCUT2D eigenvalue weighted by molar-refractivity contribution is -0.117. The predicted octanol–water partition coefficient (Wildman–Crippen LogP) is 3.39. The lowest BCUT2D eigenvalue weighted by Crippen LogP contribution is -2.36. The summed E-state index contributed by atoms with van der Waals surface area (Å²) in [5.74, 6) is -0.0344. The van der Waals surface area contributed by atoms with E-state index >= 15 is 0 Å². The molecule has 0 radical (unpaired) electrons. The lowest BCUT2D eigenvalue weighted by atomic mass is 10.1. The summed E-state index contributed by atoms with van der Waals surface area (Å²) in [6.45, 7) is 6.82. The Hall–Kier alpha value is -1.43. The van der Waals surface area contributed by atoms with E-state index in [0.717, 1.165) is 0 Å². The minimum atomic E-state index is -0.588. The Morgan fingerprint density at radius 1 is 1.40 bits per heavy atom. The van der Waals surface area contributed by atoms with Gasteiger partial charge in [-0.3, -0.25) is 4.79 Å². The van der Waals surface area contributed by atoms with E-state index in [2.05, 4.69) is 26.2 Å². The van der Waals surface area contributed by atoms with Gasteiger partial charge in [0.2, 0.25) is 0 Å². The highest BCUT2D eigenvalue weighted by Gasteiger charge is 2.22. The zero-order valence-electron chi connectivity index (χ0n) is 12.1. The van der Waals surface area contributed by atoms with Crippen LogP contribution in [0.15, 0.2) is 22.8 Å². The summed E-state index contributed by atoms with van der Waals surface area (Å²) >= 11 is 3.27. The molecule has 1 rings (SSSR count). The SMILES string of the molecule is CC(=O)C[C@H](NC(=O)OC(C)(C)C)c1cccc(Br)n1. The molecule has 1 atom stereocenters. The first-order chi connectivity index (χ1) is 9.17. The van der Waals surface area contributed by atoms with Gasteiger partial charge >= 0.3 is 6.09 Å². The second-order valence-corrected chi connectivity index (χ2v) is 6.30. The van der Waals surface area contributed by atoms with Crippen LogP contribution in [0.25, 0.3) is 0 Å². The maximum Gasteiger partial charge on any atom is 0.408 e. The van der Waals surface area contributed by atoms with Crippen LogP contribution < -0.4 is 5.32 Å². The molecule has 0 aliphatic heterocycles. The van der Waals surface area contributed by atoms with Crippen molar-refractivity contribution >= 4 is 27.8 Å². The molecule has 1 aromatic heterocycles. The van der Waals surface area contributed by atoms with Crippen molar-refractivity contribution in [2.24, 2.45) is 0 Å². The number of pyridine rings is 1. The maximum absolute atomic E-state index is 11.8. The first-order valence-corrected chi connectivity index (χ1v) is 7.08. The zero-order valence-corrected chi connectivity index (χ0v) is 13.7. The standard InChI is InChI=1S/C14H19BrN2O3/c1-9(18)8-11(10-6-5-7-12(15)16-10)17-13(19)20-14(2,3)4/h5-7,11H,8H2,1-4H3,(H,17,19)/t11-/m0/s1. The summed E-state index contributed by atoms with van der Waals surface area (Å²) in [6, 6.07) is 4.84. The summed E-state index contributed by atoms with van der Waals surface area (Å²) in [7, 11) is 0. The molecule has 0 bridgehead atoms. The molecule has 1 N–H and O–H groups in total. The third-order valence-corrected chi connectivity index (χ3v) is 2.72. The summed E-state index contributed by atoms with van der Waals surface area (Å²) < 4.78 is 5.85. The molecule has 0 aliphatic carbocycles. The van der Waals surface area contributed by atoms with Crippen molar-refractivity contribution in [3.8, 4) is 0 Å². The van der Waals surface area contributed by atoms with Gasteiger partial charge in [-0.1, -0.05) is 6.07 Å². The van der Waals surface area contributed by atoms with Crippen molar-refractivity contribution in [1.29, 1.82) is 0 Å². The maximum atomic E-state index is 11.8. The molecule has 1 heterocycles. The molecule has 20 heavy (non-hydrogen) atoms. The summed E-state index contributed by atoms with van der Waals surface area (Å²) in [6.07, 6.45) is -0.395. The smallest absolute Gasteiger partial charge is 0.408 e. The van der Waals surface area contributed by atoms with Gasteiger partial charge in [-0.2, -0.15) is 0 Å². The molecule has 0 unspecified atom stereocenters. The highest BCUT2D eigenvalue weighted by molar-refractivity contribution is 9.10. The van der Waals surface area contributed by atoms with E-state index in [1.54, 1.807) is 39.0 Å². The topological polar surface area (TPSA) is 68.3 Å². The van der Waals surface area contributed by atoms with Gasteiger partial charge in [0.05, 0.1) is 11.7 Å². The van der Waals surface area contributed by atoms with E-state index in [9.17, 15) is 9.59 Å². The minimum absolute atomic E-state index is 0.0344. The molecule has 0 fully saturated rings. The van der Waals surface area contributed by atoms with Crippen LogP contribution in [0.4, 0.5) is 4.79 Å². The summed E-state index contributed by atoms with van der Waals surface area (Å²) in [5.41, 5.74) is 0.0238. The molecule has 0 aliphatic rings. The number of rotatable bonds is 4. The molecule has 0 aromatic carbocycles. The second kappa shape index (κ2) is 6.83. The number of hydrogen-bond acceptors (Lipinski definition) is 4. The van der Waals surface area contributed by atoms with Crippen LogP contribution in [0, 0.1) is 0 Å². The minimum Gasteiger partial charge on any atom is -0.444 e. The number of nitrogens with zero attached hydrogens (tertiary/aromatic N) is 1. The molecular formula is C14H19BrN2O3. The van der Waals surface area contributed by atoms with E-state index in [1.807, 2.05) is 0 Å². The van der Waals surface area contributed by atoms with Crippen LogP contribution in [-0.2, 0) is 9.53 Å². The van der Waals surface area contributed by atoms with E-state index in [-0.39, 0.29) is 12.2 Å². The number of carbonyl (C=O) groups is 2. The van der Waals surface area contributed by atoms with Crippen LogP contribution in [-0.4, -0.2) is 22.5 Å². The number of halogens is 1. The van der Waals surface area contributed by atoms with Crippen molar-refractivity contribution < 1.29 is 14.3 Å². The average Bonchev–Trinajstić information content (AvgIpc) is 2.24. The van der Waals surface area contributed by atoms with Gasteiger partial charge in [0.15, 0.2) is 0 Å². The van der Waals surface area contributed by atoms with Crippen molar-refractivity contribution in [2.75, 3.05) is 0 Å². The quantitative estimate of drug-likeness (QED) is 0.851. The number of amides is 1. The molecular weight excluding hydrogens is 324 g/mol. The third kappa shape index (κ3) is 6.14. The largest absolute Gasteiger partial charge is 0.444 e. The Morgan fingerprint density at radius 3 is 2.55 bits per heavy atom. The number of ether oxygens (including phenoxy) is 1. The van der Waals surface area contributed by atoms with Gasteiger partial charge in [0, 0.05) is 6.42 Å². The number of aromatic nitrogens is 1. The molecule has 1 aromatic rings. The van der Waals surface area contributed by atoms with Crippen LogP contribution in [0.3, 0.4) is 0 Å². The van der Waals surface area contributed by atoms with Gasteiger partial charge < -0.3 is 10.1 Å². The zero-order chi connectivity index (χ0) is 15.3. The Bertz CT molecular complexity index is 497. The molecule has 0 saturated carbocycles. The predicted molar refractivity (Wildman–Crippen MR) is 79.3 cm³/mol. The number of Topliss-reactive ketones (excluding diaryl/α,β-unsaturated/α-hetero) is 1. The number of hydrogen-bond donors (Lipinski definition) is 1. The van der Waals surface area contributed by atoms with Crippen molar-refractivity contribution in [3.63, 3.8) is 0 Å². The van der Waals surface area contributed by atoms with Crippen LogP contribution in [0.1, 0.15) is 45.9 Å². The second-order valence-electron chi connectivity index (χ2n) is 5.49. The average molecular weight is 343 g/mol. The highest BCUT2D eigenvalue weighted by atomic mass is 79.9. The third-order valence-electron chi connectivity index (χ3n) is 2.28. The van der Waals surface area contributed by atoms with Crippen molar-refractivity contribution in [3.05, 3.63) is 28.5 Å². The van der Waals surface area contributed by atoms with Crippen LogP contribution >= 0.6 is 15.9 Å². The van der Waals surface area contributed by atoms with Gasteiger partial charge in [0.25, 0.3) is 0 Å². The first-order valence-electron chi connectivity index (χ1n) is 6.29. The van der Waals surface area contributed by atoms with E-state index in [0.29, 0.717) is 10.3 Å². The summed E-state index contributed by atoms with van der Waals surface area (Å²) in [4.78, 5) is 27.4. The number of alkyl carbamates (subject to hydrolysis) is 1. The molecule has 6 heteroatoms. The Morgan fingerprint density at radius 2 is 2.05 bits per heavy atom. The van der Waals surface area contributed by atoms with Crippen molar-refractivity contribution in [2.45, 2.75) is 45.8 Å². The van der Waals surface area contributed by atoms with Crippen LogP contribution in [0.5, 0.6) is 0 Å². The van der Waals surface area contributed by atoms with Gasteiger partial charge in [-0.15, -0.1) is 0 Å². The van der Waals surface area contributed by atoms with E-state index in [1.165, 1.54) is 6.92 Å². The van der Waals surface area contributed by atoms with Crippen LogP contribution in [0.2, 0.25) is 0 Å². The fourth-order valence-corrected chi connectivity index (χ4v) is 1.94. The first kappa shape index (κ1) is 16.6. The molecule has 110 valence electrons. The Kier molecular flexibility index (Phi) is 5.68. The fourth-order valence-electron chi connectivity index (χ4n) is 1.58. The van der Waals surface area contributed by atoms with E-state index in [4.69, 9.17) is 4.74 Å².